The third-order valence-corrected chi connectivity index (χ3v) is 1.51. The molecule has 0 aliphatic heterocycles. The standard InChI is InChI=1S/C9H6FN2.Ir/c10-8-2-4-9(5-3-8)12-7-1-6-11-12;/h1-4,6-7H;/q-1;. The molecule has 1 heterocycles. The molecule has 69 valence electrons. The Labute approximate surface area is 88.7 Å². The van der Waals surface area contributed by atoms with Crippen molar-refractivity contribution in [2.45, 2.75) is 0 Å². The van der Waals surface area contributed by atoms with Crippen molar-refractivity contribution in [3.05, 3.63) is 48.5 Å². The Hall–Kier alpha value is -0.991. The Morgan fingerprint density at radius 1 is 1.38 bits per heavy atom. The third-order valence-electron chi connectivity index (χ3n) is 1.51. The molecule has 2 aromatic rings. The van der Waals surface area contributed by atoms with Crippen LogP contribution >= 0.6 is 0 Å². The van der Waals surface area contributed by atoms with Gasteiger partial charge in [0.15, 0.2) is 0 Å². The number of hydrogen-bond acceptors (Lipinski definition) is 1. The van der Waals surface area contributed by atoms with Crippen LogP contribution in [0.5, 0.6) is 0 Å². The van der Waals surface area contributed by atoms with E-state index in [0.717, 1.165) is 5.69 Å². The van der Waals surface area contributed by atoms with E-state index in [1.807, 2.05) is 0 Å². The van der Waals surface area contributed by atoms with Gasteiger partial charge in [-0.15, -0.1) is 18.2 Å². The summed E-state index contributed by atoms with van der Waals surface area (Å²) in [7, 11) is 0. The van der Waals surface area contributed by atoms with E-state index >= 15 is 0 Å². The number of rotatable bonds is 1. The molecule has 0 unspecified atom stereocenters. The van der Waals surface area contributed by atoms with E-state index in [1.54, 1.807) is 29.2 Å². The van der Waals surface area contributed by atoms with Crippen molar-refractivity contribution in [2.24, 2.45) is 0 Å². The van der Waals surface area contributed by atoms with Gasteiger partial charge in [0.05, 0.1) is 0 Å². The van der Waals surface area contributed by atoms with Crippen LogP contribution in [0.1, 0.15) is 0 Å². The smallest absolute Gasteiger partial charge is 0.0493 e. The van der Waals surface area contributed by atoms with E-state index in [-0.39, 0.29) is 25.9 Å². The van der Waals surface area contributed by atoms with Gasteiger partial charge < -0.3 is 0 Å². The predicted molar refractivity (Wildman–Crippen MR) is 42.4 cm³/mol. The molecule has 0 amide bonds. The fourth-order valence-corrected chi connectivity index (χ4v) is 0.951. The maximum absolute atomic E-state index is 12.5. The van der Waals surface area contributed by atoms with Crippen molar-refractivity contribution in [3.63, 3.8) is 0 Å². The predicted octanol–water partition coefficient (Wildman–Crippen LogP) is 1.81. The van der Waals surface area contributed by atoms with Crippen molar-refractivity contribution in [2.75, 3.05) is 0 Å². The average molecular weight is 353 g/mol. The Morgan fingerprint density at radius 2 is 2.23 bits per heavy atom. The fourth-order valence-electron chi connectivity index (χ4n) is 0.951. The van der Waals surface area contributed by atoms with Gasteiger partial charge in [0.25, 0.3) is 0 Å². The molecule has 0 saturated heterocycles. The fraction of sp³-hybridized carbons (Fsp3) is 0. The minimum Gasteiger partial charge on any atom is -0.284 e. The van der Waals surface area contributed by atoms with Gasteiger partial charge in [-0.2, -0.15) is 11.2 Å². The van der Waals surface area contributed by atoms with Crippen LogP contribution in [0.25, 0.3) is 5.69 Å². The second-order valence-electron chi connectivity index (χ2n) is 2.34. The zero-order chi connectivity index (χ0) is 8.39. The summed E-state index contributed by atoms with van der Waals surface area (Å²) in [6.07, 6.45) is 3.45. The first-order valence-electron chi connectivity index (χ1n) is 3.53. The van der Waals surface area contributed by atoms with Crippen LogP contribution in [0.4, 0.5) is 4.39 Å². The van der Waals surface area contributed by atoms with Gasteiger partial charge in [-0.1, -0.05) is 0 Å². The van der Waals surface area contributed by atoms with Crippen LogP contribution in [0.15, 0.2) is 36.7 Å². The summed E-state index contributed by atoms with van der Waals surface area (Å²) in [5.74, 6) is -0.286. The zero-order valence-corrected chi connectivity index (χ0v) is 8.96. The van der Waals surface area contributed by atoms with Crippen LogP contribution in [0.3, 0.4) is 0 Å². The Kier molecular flexibility index (Phi) is 3.34. The largest absolute Gasteiger partial charge is 0.284 e. The Bertz CT molecular complexity index is 356. The minimum absolute atomic E-state index is 0. The topological polar surface area (TPSA) is 17.8 Å². The molecule has 0 atom stereocenters. The van der Waals surface area contributed by atoms with Gasteiger partial charge in [-0.3, -0.25) is 9.07 Å². The van der Waals surface area contributed by atoms with E-state index in [1.165, 1.54) is 12.1 Å². The first kappa shape index (κ1) is 10.1. The second-order valence-corrected chi connectivity index (χ2v) is 2.34. The molecule has 13 heavy (non-hydrogen) atoms. The van der Waals surface area contributed by atoms with Crippen molar-refractivity contribution in [1.29, 1.82) is 0 Å². The van der Waals surface area contributed by atoms with Gasteiger partial charge >= 0.3 is 0 Å². The number of hydrogen-bond donors (Lipinski definition) is 0. The van der Waals surface area contributed by atoms with E-state index in [9.17, 15) is 4.39 Å². The van der Waals surface area contributed by atoms with Gasteiger partial charge in [0.1, 0.15) is 0 Å². The molecule has 0 aliphatic carbocycles. The molecule has 0 spiro atoms. The van der Waals surface area contributed by atoms with E-state index in [0.29, 0.717) is 0 Å². The molecular formula is C9H6FIrN2-. The molecular weight excluding hydrogens is 347 g/mol. The average Bonchev–Trinajstić information content (AvgIpc) is 2.58. The molecule has 0 N–H and O–H groups in total. The van der Waals surface area contributed by atoms with Crippen LogP contribution < -0.4 is 0 Å². The number of nitrogens with zero attached hydrogens (tertiary/aromatic N) is 2. The molecule has 0 aliphatic rings. The summed E-state index contributed by atoms with van der Waals surface area (Å²) in [6, 6.07) is 8.87. The van der Waals surface area contributed by atoms with Crippen LogP contribution in [0.2, 0.25) is 0 Å². The van der Waals surface area contributed by atoms with E-state index in [4.69, 9.17) is 0 Å². The number of benzene rings is 1. The molecule has 0 fully saturated rings. The van der Waals surface area contributed by atoms with Gasteiger partial charge in [0, 0.05) is 38.3 Å². The monoisotopic (exact) mass is 354 g/mol. The molecule has 4 heteroatoms. The Balaban J connectivity index is 0.000000845. The first-order valence-corrected chi connectivity index (χ1v) is 3.53. The van der Waals surface area contributed by atoms with Crippen molar-refractivity contribution < 1.29 is 24.5 Å². The summed E-state index contributed by atoms with van der Waals surface area (Å²) < 4.78 is 14.1. The molecule has 1 aromatic heterocycles. The zero-order valence-electron chi connectivity index (χ0n) is 6.57. The van der Waals surface area contributed by atoms with Crippen LogP contribution in [-0.2, 0) is 20.1 Å². The summed E-state index contributed by atoms with van der Waals surface area (Å²) in [5.41, 5.74) is 0.737. The molecule has 2 nitrogen and oxygen atoms in total. The Morgan fingerprint density at radius 3 is 2.77 bits per heavy atom. The number of halogens is 1. The van der Waals surface area contributed by atoms with Crippen LogP contribution in [-0.4, -0.2) is 9.78 Å². The van der Waals surface area contributed by atoms with Gasteiger partial charge in [-0.25, -0.2) is 0 Å². The maximum atomic E-state index is 12.5. The normalized spacial score (nSPS) is 9.31. The molecule has 1 aromatic carbocycles. The van der Waals surface area contributed by atoms with E-state index in [2.05, 4.69) is 11.2 Å². The van der Waals surface area contributed by atoms with E-state index < -0.39 is 0 Å². The summed E-state index contributed by atoms with van der Waals surface area (Å²) in [5, 5.41) is 3.98. The first-order chi connectivity index (χ1) is 5.86. The maximum Gasteiger partial charge on any atom is 0.0493 e. The SMILES string of the molecule is Fc1c[c-]c(-n2cccn2)cc1.[Ir]. The second kappa shape index (κ2) is 4.30. The number of aromatic nitrogens is 2. The molecule has 0 saturated carbocycles. The summed E-state index contributed by atoms with van der Waals surface area (Å²) >= 11 is 0. The van der Waals surface area contributed by atoms with Crippen molar-refractivity contribution >= 4 is 0 Å². The molecule has 1 radical (unpaired) electrons. The quantitative estimate of drug-likeness (QED) is 0.715. The van der Waals surface area contributed by atoms with Crippen molar-refractivity contribution in [1.82, 2.24) is 9.78 Å². The summed E-state index contributed by atoms with van der Waals surface area (Å²) in [6.45, 7) is 0. The van der Waals surface area contributed by atoms with Crippen LogP contribution in [0, 0.1) is 11.9 Å². The van der Waals surface area contributed by atoms with Crippen molar-refractivity contribution in [3.8, 4) is 5.69 Å². The minimum atomic E-state index is -0.286. The molecule has 0 bridgehead atoms. The third kappa shape index (κ3) is 2.23. The summed E-state index contributed by atoms with van der Waals surface area (Å²) in [4.78, 5) is 0. The molecule has 2 rings (SSSR count). The van der Waals surface area contributed by atoms with Gasteiger partial charge in [-0.05, 0) is 11.8 Å². The van der Waals surface area contributed by atoms with Gasteiger partial charge in [0.2, 0.25) is 0 Å².